The van der Waals surface area contributed by atoms with Gasteiger partial charge in [-0.25, -0.2) is 0 Å². The highest BCUT2D eigenvalue weighted by molar-refractivity contribution is 7.09. The van der Waals surface area contributed by atoms with Crippen LogP contribution in [0.5, 0.6) is 0 Å². The monoisotopic (exact) mass is 223 g/mol. The molecule has 1 saturated carbocycles. The highest BCUT2D eigenvalue weighted by Gasteiger charge is 2.21. The summed E-state index contributed by atoms with van der Waals surface area (Å²) in [5.41, 5.74) is 0. The van der Waals surface area contributed by atoms with Crippen LogP contribution in [0.3, 0.4) is 0 Å². The number of nitrogens with one attached hydrogen (secondary N) is 1. The zero-order valence-corrected chi connectivity index (χ0v) is 10.4. The van der Waals surface area contributed by atoms with Crippen molar-refractivity contribution in [3.8, 4) is 0 Å². The minimum absolute atomic E-state index is 0.786. The minimum atomic E-state index is 0.786. The van der Waals surface area contributed by atoms with Crippen molar-refractivity contribution < 1.29 is 0 Å². The Morgan fingerprint density at radius 3 is 3.13 bits per heavy atom. The number of thiophene rings is 1. The van der Waals surface area contributed by atoms with E-state index in [4.69, 9.17) is 0 Å². The van der Waals surface area contributed by atoms with Gasteiger partial charge in [0.15, 0.2) is 0 Å². The molecule has 0 aliphatic heterocycles. The molecule has 1 aliphatic carbocycles. The van der Waals surface area contributed by atoms with Crippen molar-refractivity contribution in [1.29, 1.82) is 0 Å². The molecule has 0 spiro atoms. The first-order chi connectivity index (χ1) is 7.38. The molecule has 0 radical (unpaired) electrons. The van der Waals surface area contributed by atoms with Crippen molar-refractivity contribution in [3.63, 3.8) is 0 Å². The molecule has 1 N–H and O–H groups in total. The van der Waals surface area contributed by atoms with Gasteiger partial charge in [0.05, 0.1) is 0 Å². The summed E-state index contributed by atoms with van der Waals surface area (Å²) in [6.45, 7) is 3.33. The Morgan fingerprint density at radius 1 is 1.47 bits per heavy atom. The van der Waals surface area contributed by atoms with Crippen LogP contribution >= 0.6 is 11.3 Å². The maximum Gasteiger partial charge on any atom is 0.00697 e. The molecule has 15 heavy (non-hydrogen) atoms. The van der Waals surface area contributed by atoms with Gasteiger partial charge in [0, 0.05) is 10.9 Å². The van der Waals surface area contributed by atoms with Crippen molar-refractivity contribution >= 4 is 11.3 Å². The highest BCUT2D eigenvalue weighted by atomic mass is 32.1. The van der Waals surface area contributed by atoms with Gasteiger partial charge in [-0.3, -0.25) is 0 Å². The second-order valence-corrected chi connectivity index (χ2v) is 5.60. The summed E-state index contributed by atoms with van der Waals surface area (Å²) in [7, 11) is 0. The number of hydrogen-bond donors (Lipinski definition) is 1. The zero-order valence-electron chi connectivity index (χ0n) is 9.54. The lowest BCUT2D eigenvalue weighted by atomic mass is 9.83. The smallest absolute Gasteiger partial charge is 0.00697 e. The zero-order chi connectivity index (χ0) is 10.5. The fraction of sp³-hybridized carbons (Fsp3) is 0.692. The van der Waals surface area contributed by atoms with E-state index in [1.165, 1.54) is 32.1 Å². The molecule has 0 amide bonds. The molecule has 1 aliphatic rings. The fourth-order valence-electron chi connectivity index (χ4n) is 2.66. The van der Waals surface area contributed by atoms with Gasteiger partial charge in [0.1, 0.15) is 0 Å². The Labute approximate surface area is 96.9 Å². The van der Waals surface area contributed by atoms with Gasteiger partial charge in [-0.1, -0.05) is 19.4 Å². The van der Waals surface area contributed by atoms with Crippen LogP contribution in [0.25, 0.3) is 0 Å². The molecule has 1 heterocycles. The minimum Gasteiger partial charge on any atom is -0.314 e. The molecule has 1 fully saturated rings. The summed E-state index contributed by atoms with van der Waals surface area (Å²) in [4.78, 5) is 1.57. The van der Waals surface area contributed by atoms with Crippen LogP contribution in [0.15, 0.2) is 17.5 Å². The molecular weight excluding hydrogens is 202 g/mol. The average Bonchev–Trinajstić information content (AvgIpc) is 2.71. The fourth-order valence-corrected chi connectivity index (χ4v) is 3.48. The maximum atomic E-state index is 3.60. The Morgan fingerprint density at radius 2 is 2.40 bits per heavy atom. The van der Waals surface area contributed by atoms with Crippen molar-refractivity contribution in [1.82, 2.24) is 5.32 Å². The lowest BCUT2D eigenvalue weighted by Gasteiger charge is -2.29. The van der Waals surface area contributed by atoms with E-state index >= 15 is 0 Å². The first-order valence-electron chi connectivity index (χ1n) is 6.14. The van der Waals surface area contributed by atoms with Gasteiger partial charge in [0.25, 0.3) is 0 Å². The Balaban J connectivity index is 1.82. The van der Waals surface area contributed by atoms with Crippen LogP contribution in [0.2, 0.25) is 0 Å². The molecule has 2 heteroatoms. The van der Waals surface area contributed by atoms with Gasteiger partial charge < -0.3 is 5.32 Å². The van der Waals surface area contributed by atoms with Gasteiger partial charge in [-0.05, 0) is 49.6 Å². The summed E-state index contributed by atoms with van der Waals surface area (Å²) >= 11 is 1.91. The molecule has 0 aromatic carbocycles. The first-order valence-corrected chi connectivity index (χ1v) is 7.02. The van der Waals surface area contributed by atoms with Crippen LogP contribution in [0.1, 0.15) is 37.5 Å². The molecular formula is C13H21NS. The van der Waals surface area contributed by atoms with Gasteiger partial charge >= 0.3 is 0 Å². The van der Waals surface area contributed by atoms with Crippen LogP contribution in [-0.2, 0) is 6.42 Å². The van der Waals surface area contributed by atoms with E-state index in [1.807, 2.05) is 11.3 Å². The average molecular weight is 223 g/mol. The normalized spacial score (nSPS) is 26.7. The summed E-state index contributed by atoms with van der Waals surface area (Å²) in [5, 5.41) is 5.79. The molecule has 2 atom stereocenters. The second kappa shape index (κ2) is 5.66. The van der Waals surface area contributed by atoms with E-state index in [2.05, 4.69) is 29.8 Å². The van der Waals surface area contributed by atoms with Crippen LogP contribution in [0.4, 0.5) is 0 Å². The summed E-state index contributed by atoms with van der Waals surface area (Å²) in [6.07, 6.45) is 6.91. The molecule has 2 rings (SSSR count). The SMILES string of the molecule is CCNC1CCCC(Cc2cccs2)C1. The summed E-state index contributed by atoms with van der Waals surface area (Å²) < 4.78 is 0. The Bertz CT molecular complexity index is 266. The molecule has 0 saturated heterocycles. The summed E-state index contributed by atoms with van der Waals surface area (Å²) in [6, 6.07) is 5.24. The standard InChI is InChI=1S/C13H21NS/c1-2-14-12-6-3-5-11(9-12)10-13-7-4-8-15-13/h4,7-8,11-12,14H,2-3,5-6,9-10H2,1H3. The number of rotatable bonds is 4. The molecule has 1 aromatic rings. The third-order valence-corrected chi connectivity index (χ3v) is 4.24. The third kappa shape index (κ3) is 3.32. The molecule has 2 unspecified atom stereocenters. The summed E-state index contributed by atoms with van der Waals surface area (Å²) in [5.74, 6) is 0.918. The maximum absolute atomic E-state index is 3.60. The Kier molecular flexibility index (Phi) is 4.21. The lowest BCUT2D eigenvalue weighted by Crippen LogP contribution is -2.34. The van der Waals surface area contributed by atoms with Crippen molar-refractivity contribution in [2.24, 2.45) is 5.92 Å². The van der Waals surface area contributed by atoms with Crippen molar-refractivity contribution in [2.75, 3.05) is 6.54 Å². The first kappa shape index (κ1) is 11.2. The van der Waals surface area contributed by atoms with E-state index in [9.17, 15) is 0 Å². The quantitative estimate of drug-likeness (QED) is 0.824. The van der Waals surface area contributed by atoms with Gasteiger partial charge in [0.2, 0.25) is 0 Å². The van der Waals surface area contributed by atoms with Crippen LogP contribution in [0, 0.1) is 5.92 Å². The molecule has 0 bridgehead atoms. The largest absolute Gasteiger partial charge is 0.314 e. The van der Waals surface area contributed by atoms with Crippen molar-refractivity contribution in [3.05, 3.63) is 22.4 Å². The number of hydrogen-bond acceptors (Lipinski definition) is 2. The molecule has 84 valence electrons. The van der Waals surface area contributed by atoms with E-state index in [0.29, 0.717) is 0 Å². The van der Waals surface area contributed by atoms with E-state index in [0.717, 1.165) is 18.5 Å². The predicted molar refractivity (Wildman–Crippen MR) is 67.4 cm³/mol. The lowest BCUT2D eigenvalue weighted by molar-refractivity contribution is 0.288. The Hall–Kier alpha value is -0.340. The van der Waals surface area contributed by atoms with Crippen LogP contribution < -0.4 is 5.32 Å². The predicted octanol–water partition coefficient (Wildman–Crippen LogP) is 3.46. The van der Waals surface area contributed by atoms with Gasteiger partial charge in [-0.2, -0.15) is 0 Å². The topological polar surface area (TPSA) is 12.0 Å². The third-order valence-electron chi connectivity index (χ3n) is 3.35. The van der Waals surface area contributed by atoms with E-state index in [1.54, 1.807) is 4.88 Å². The van der Waals surface area contributed by atoms with Gasteiger partial charge in [-0.15, -0.1) is 11.3 Å². The van der Waals surface area contributed by atoms with E-state index in [-0.39, 0.29) is 0 Å². The second-order valence-electron chi connectivity index (χ2n) is 4.57. The van der Waals surface area contributed by atoms with E-state index < -0.39 is 0 Å². The van der Waals surface area contributed by atoms with Crippen LogP contribution in [-0.4, -0.2) is 12.6 Å². The molecule has 1 aromatic heterocycles. The van der Waals surface area contributed by atoms with Crippen molar-refractivity contribution in [2.45, 2.75) is 45.1 Å². The highest BCUT2D eigenvalue weighted by Crippen LogP contribution is 2.28. The molecule has 1 nitrogen and oxygen atoms in total.